The van der Waals surface area contributed by atoms with Crippen LogP contribution in [0, 0.1) is 0 Å². The summed E-state index contributed by atoms with van der Waals surface area (Å²) in [6.07, 6.45) is 4.02. The first-order valence-electron chi connectivity index (χ1n) is 10.3. The van der Waals surface area contributed by atoms with Gasteiger partial charge in [-0.05, 0) is 25.0 Å². The molecule has 2 aromatic heterocycles. The summed E-state index contributed by atoms with van der Waals surface area (Å²) in [6.45, 7) is 0. The zero-order chi connectivity index (χ0) is 22.1. The van der Waals surface area contributed by atoms with Crippen molar-refractivity contribution >= 4 is 28.6 Å². The molecule has 32 heavy (non-hydrogen) atoms. The lowest BCUT2D eigenvalue weighted by Gasteiger charge is -2.15. The molecular weight excluding hydrogens is 408 g/mol. The first-order chi connectivity index (χ1) is 15.7. The van der Waals surface area contributed by atoms with Gasteiger partial charge in [0.15, 0.2) is 28.5 Å². The minimum Gasteiger partial charge on any atom is -0.493 e. The lowest BCUT2D eigenvalue weighted by molar-refractivity contribution is 0.324. The fourth-order valence-electron chi connectivity index (χ4n) is 3.54. The van der Waals surface area contributed by atoms with E-state index in [0.717, 1.165) is 24.0 Å². The molecular formula is C23H24N6O3. The highest BCUT2D eigenvalue weighted by Crippen LogP contribution is 2.40. The average Bonchev–Trinajstić information content (AvgIpc) is 3.54. The van der Waals surface area contributed by atoms with Crippen LogP contribution in [0.3, 0.4) is 0 Å². The fraction of sp³-hybridized carbons (Fsp3) is 0.261. The van der Waals surface area contributed by atoms with Gasteiger partial charge in [-0.3, -0.25) is 4.57 Å². The molecule has 1 aliphatic rings. The number of hydrogen-bond acceptors (Lipinski definition) is 8. The van der Waals surface area contributed by atoms with Crippen LogP contribution < -0.4 is 24.8 Å². The Morgan fingerprint density at radius 3 is 2.28 bits per heavy atom. The van der Waals surface area contributed by atoms with Crippen LogP contribution in [-0.2, 0) is 0 Å². The van der Waals surface area contributed by atoms with Crippen molar-refractivity contribution in [2.24, 2.45) is 0 Å². The van der Waals surface area contributed by atoms with Crippen LogP contribution in [0.4, 0.5) is 17.5 Å². The minimum atomic E-state index is 0.420. The Morgan fingerprint density at radius 1 is 0.938 bits per heavy atom. The number of para-hydroxylation sites is 1. The standard InChI is InChI=1S/C23H24N6O3/c1-30-17-11-15(12-18(31-2)20(17)32-3)26-23-27-21(25-14-9-10-14)19-22(28-23)29(13-24-19)16-7-5-4-6-8-16/h4-8,11-14H,9-10H2,1-3H3,(H2,25,26,27,28). The molecule has 5 rings (SSSR count). The molecule has 0 saturated heterocycles. The summed E-state index contributed by atoms with van der Waals surface area (Å²) >= 11 is 0. The number of hydrogen-bond donors (Lipinski definition) is 2. The number of nitrogens with one attached hydrogen (secondary N) is 2. The van der Waals surface area contributed by atoms with Crippen molar-refractivity contribution in [2.75, 3.05) is 32.0 Å². The number of anilines is 3. The largest absolute Gasteiger partial charge is 0.493 e. The van der Waals surface area contributed by atoms with Crippen molar-refractivity contribution in [3.8, 4) is 22.9 Å². The van der Waals surface area contributed by atoms with E-state index < -0.39 is 0 Å². The van der Waals surface area contributed by atoms with Crippen LogP contribution in [0.25, 0.3) is 16.9 Å². The summed E-state index contributed by atoms with van der Waals surface area (Å²) < 4.78 is 18.3. The van der Waals surface area contributed by atoms with Crippen molar-refractivity contribution < 1.29 is 14.2 Å². The van der Waals surface area contributed by atoms with Crippen LogP contribution >= 0.6 is 0 Å². The number of benzene rings is 2. The molecule has 2 N–H and O–H groups in total. The summed E-state index contributed by atoms with van der Waals surface area (Å²) in [6, 6.07) is 14.0. The molecule has 0 radical (unpaired) electrons. The smallest absolute Gasteiger partial charge is 0.231 e. The van der Waals surface area contributed by atoms with Crippen molar-refractivity contribution in [1.82, 2.24) is 19.5 Å². The van der Waals surface area contributed by atoms with E-state index in [9.17, 15) is 0 Å². The van der Waals surface area contributed by atoms with E-state index in [1.165, 1.54) is 0 Å². The summed E-state index contributed by atoms with van der Waals surface area (Å²) in [5.41, 5.74) is 3.13. The molecule has 0 atom stereocenters. The predicted octanol–water partition coefficient (Wildman–Crippen LogP) is 4.16. The van der Waals surface area contributed by atoms with Gasteiger partial charge in [0.25, 0.3) is 0 Å². The van der Waals surface area contributed by atoms with Crippen LogP contribution in [0.1, 0.15) is 12.8 Å². The average molecular weight is 432 g/mol. The van der Waals surface area contributed by atoms with E-state index in [4.69, 9.17) is 24.2 Å². The van der Waals surface area contributed by atoms with Crippen LogP contribution in [-0.4, -0.2) is 46.9 Å². The minimum absolute atomic E-state index is 0.420. The molecule has 0 spiro atoms. The van der Waals surface area contributed by atoms with Gasteiger partial charge < -0.3 is 24.8 Å². The Bertz CT molecular complexity index is 1230. The third-order valence-corrected chi connectivity index (χ3v) is 5.27. The van der Waals surface area contributed by atoms with E-state index >= 15 is 0 Å². The molecule has 1 saturated carbocycles. The van der Waals surface area contributed by atoms with Gasteiger partial charge in [-0.2, -0.15) is 9.97 Å². The first kappa shape index (κ1) is 19.9. The number of rotatable bonds is 8. The van der Waals surface area contributed by atoms with Crippen LogP contribution in [0.2, 0.25) is 0 Å². The van der Waals surface area contributed by atoms with Gasteiger partial charge in [0, 0.05) is 29.5 Å². The molecule has 0 bridgehead atoms. The molecule has 0 amide bonds. The van der Waals surface area contributed by atoms with Crippen LogP contribution in [0.5, 0.6) is 17.2 Å². The zero-order valence-corrected chi connectivity index (χ0v) is 18.1. The summed E-state index contributed by atoms with van der Waals surface area (Å²) in [7, 11) is 4.74. The topological polar surface area (TPSA) is 95.4 Å². The summed E-state index contributed by atoms with van der Waals surface area (Å²) in [4.78, 5) is 14.1. The number of fused-ring (bicyclic) bond motifs is 1. The molecule has 1 fully saturated rings. The molecule has 164 valence electrons. The maximum absolute atomic E-state index is 5.46. The van der Waals surface area contributed by atoms with E-state index in [2.05, 4.69) is 15.6 Å². The Labute approximate surface area is 185 Å². The summed E-state index contributed by atoms with van der Waals surface area (Å²) in [5, 5.41) is 6.76. The molecule has 9 heteroatoms. The second kappa shape index (κ2) is 8.26. The lowest BCUT2D eigenvalue weighted by Crippen LogP contribution is -2.08. The number of nitrogens with zero attached hydrogens (tertiary/aromatic N) is 4. The number of methoxy groups -OCH3 is 3. The highest BCUT2D eigenvalue weighted by molar-refractivity contribution is 5.86. The molecule has 1 aliphatic carbocycles. The Morgan fingerprint density at radius 2 is 1.66 bits per heavy atom. The van der Waals surface area contributed by atoms with Crippen molar-refractivity contribution in [3.63, 3.8) is 0 Å². The van der Waals surface area contributed by atoms with E-state index in [0.29, 0.717) is 46.4 Å². The van der Waals surface area contributed by atoms with E-state index in [1.807, 2.05) is 47.0 Å². The van der Waals surface area contributed by atoms with Crippen LogP contribution in [0.15, 0.2) is 48.8 Å². The molecule has 2 heterocycles. The van der Waals surface area contributed by atoms with Crippen molar-refractivity contribution in [1.29, 1.82) is 0 Å². The zero-order valence-electron chi connectivity index (χ0n) is 18.1. The number of imidazole rings is 1. The molecule has 0 unspecified atom stereocenters. The van der Waals surface area contributed by atoms with Gasteiger partial charge in [-0.1, -0.05) is 18.2 Å². The van der Waals surface area contributed by atoms with Gasteiger partial charge >= 0.3 is 0 Å². The van der Waals surface area contributed by atoms with Crippen molar-refractivity contribution in [3.05, 3.63) is 48.8 Å². The summed E-state index contributed by atoms with van der Waals surface area (Å²) in [5.74, 6) is 2.76. The third kappa shape index (κ3) is 3.73. The molecule has 2 aromatic carbocycles. The molecule has 9 nitrogen and oxygen atoms in total. The van der Waals surface area contributed by atoms with Gasteiger partial charge in [0.05, 0.1) is 21.3 Å². The second-order valence-electron chi connectivity index (χ2n) is 7.48. The molecule has 0 aliphatic heterocycles. The van der Waals surface area contributed by atoms with E-state index in [-0.39, 0.29) is 0 Å². The Kier molecular flexibility index (Phi) is 5.14. The number of ether oxygens (including phenoxy) is 3. The molecule has 4 aromatic rings. The third-order valence-electron chi connectivity index (χ3n) is 5.27. The highest BCUT2D eigenvalue weighted by Gasteiger charge is 2.24. The normalized spacial score (nSPS) is 13.1. The van der Waals surface area contributed by atoms with Gasteiger partial charge in [0.1, 0.15) is 6.33 Å². The maximum Gasteiger partial charge on any atom is 0.231 e. The van der Waals surface area contributed by atoms with Gasteiger partial charge in [0.2, 0.25) is 11.7 Å². The van der Waals surface area contributed by atoms with Gasteiger partial charge in [-0.25, -0.2) is 4.98 Å². The fourth-order valence-corrected chi connectivity index (χ4v) is 3.54. The Balaban J connectivity index is 1.59. The predicted molar refractivity (Wildman–Crippen MR) is 123 cm³/mol. The first-order valence-corrected chi connectivity index (χ1v) is 10.3. The van der Waals surface area contributed by atoms with Crippen molar-refractivity contribution in [2.45, 2.75) is 18.9 Å². The lowest BCUT2D eigenvalue weighted by atomic mass is 10.2. The maximum atomic E-state index is 5.46. The number of aromatic nitrogens is 4. The Hall–Kier alpha value is -4.01. The monoisotopic (exact) mass is 432 g/mol. The second-order valence-corrected chi connectivity index (χ2v) is 7.48. The van der Waals surface area contributed by atoms with E-state index in [1.54, 1.807) is 27.7 Å². The SMILES string of the molecule is COc1cc(Nc2nc(NC3CC3)c3ncn(-c4ccccc4)c3n2)cc(OC)c1OC. The van der Waals surface area contributed by atoms with Gasteiger partial charge in [-0.15, -0.1) is 0 Å². The quantitative estimate of drug-likeness (QED) is 0.429. The highest BCUT2D eigenvalue weighted by atomic mass is 16.5.